The lowest BCUT2D eigenvalue weighted by Gasteiger charge is -2.60. The summed E-state index contributed by atoms with van der Waals surface area (Å²) in [5, 5.41) is 0. The Bertz CT molecular complexity index is 1160. The van der Waals surface area contributed by atoms with Crippen molar-refractivity contribution in [3.63, 3.8) is 0 Å². The average molecular weight is 703 g/mol. The second-order valence-corrected chi connectivity index (χ2v) is 20.9. The highest BCUT2D eigenvalue weighted by Crippen LogP contribution is 2.64. The molecule has 13 saturated carbocycles. The Morgan fingerprint density at radius 3 is 0.725 bits per heavy atom. The fourth-order valence-corrected chi connectivity index (χ4v) is 17.1. The van der Waals surface area contributed by atoms with Crippen molar-refractivity contribution < 1.29 is 28.6 Å². The SMILES string of the molecule is CCC1(OC(=O)C2CC(C(=O)OC3(CC)C4CC5CC(C4)CC3C5)CC(C(=O)OC3(CC)C4CC5CC(C4)CC3C5)C2)C2CC3CC(C2)CC1C3. The molecule has 13 fully saturated rings. The summed E-state index contributed by atoms with van der Waals surface area (Å²) in [6.07, 6.45) is 22.3. The lowest BCUT2D eigenvalue weighted by Crippen LogP contribution is -2.60. The second kappa shape index (κ2) is 12.2. The zero-order valence-electron chi connectivity index (χ0n) is 32.0. The van der Waals surface area contributed by atoms with Crippen LogP contribution in [0.1, 0.15) is 156 Å². The van der Waals surface area contributed by atoms with E-state index in [1.54, 1.807) is 0 Å². The van der Waals surface area contributed by atoms with Gasteiger partial charge in [-0.25, -0.2) is 0 Å². The van der Waals surface area contributed by atoms with Gasteiger partial charge in [0.05, 0.1) is 17.8 Å². The van der Waals surface area contributed by atoms with Gasteiger partial charge in [-0.3, -0.25) is 14.4 Å². The van der Waals surface area contributed by atoms with Gasteiger partial charge in [0.2, 0.25) is 0 Å². The molecule has 0 aliphatic heterocycles. The monoisotopic (exact) mass is 702 g/mol. The summed E-state index contributed by atoms with van der Waals surface area (Å²) in [7, 11) is 0. The largest absolute Gasteiger partial charge is 0.458 e. The van der Waals surface area contributed by atoms with Gasteiger partial charge in [-0.15, -0.1) is 0 Å². The second-order valence-electron chi connectivity index (χ2n) is 20.9. The number of rotatable bonds is 9. The van der Waals surface area contributed by atoms with Crippen LogP contribution in [0.15, 0.2) is 0 Å². The minimum Gasteiger partial charge on any atom is -0.458 e. The van der Waals surface area contributed by atoms with Crippen LogP contribution < -0.4 is 0 Å². The number of ether oxygens (including phenoxy) is 3. The Balaban J connectivity index is 0.913. The molecule has 0 aromatic heterocycles. The maximum Gasteiger partial charge on any atom is 0.309 e. The van der Waals surface area contributed by atoms with E-state index in [0.717, 1.165) is 54.8 Å². The lowest BCUT2D eigenvalue weighted by atomic mass is 9.49. The minimum absolute atomic E-state index is 0.153. The quantitative estimate of drug-likeness (QED) is 0.176. The van der Waals surface area contributed by atoms with Crippen molar-refractivity contribution in [3.05, 3.63) is 0 Å². The summed E-state index contributed by atoms with van der Waals surface area (Å²) in [6, 6.07) is 0. The van der Waals surface area contributed by atoms with E-state index in [4.69, 9.17) is 14.2 Å². The highest BCUT2D eigenvalue weighted by atomic mass is 16.6. The van der Waals surface area contributed by atoms with E-state index in [2.05, 4.69) is 20.8 Å². The summed E-state index contributed by atoms with van der Waals surface area (Å²) in [4.78, 5) is 43.8. The molecule has 282 valence electrons. The molecule has 0 radical (unpaired) electrons. The molecule has 51 heavy (non-hydrogen) atoms. The first kappa shape index (κ1) is 33.9. The first-order valence-electron chi connectivity index (χ1n) is 22.3. The molecule has 13 aliphatic rings. The molecule has 13 rings (SSSR count). The Morgan fingerprint density at radius 2 is 0.549 bits per heavy atom. The summed E-state index contributed by atoms with van der Waals surface area (Å²) >= 11 is 0. The molecule has 0 amide bonds. The molecular formula is C45H66O6. The first-order valence-corrected chi connectivity index (χ1v) is 22.3. The van der Waals surface area contributed by atoms with Gasteiger partial charge in [0, 0.05) is 0 Å². The van der Waals surface area contributed by atoms with Crippen molar-refractivity contribution in [2.75, 3.05) is 0 Å². The van der Waals surface area contributed by atoms with Crippen LogP contribution in [0.3, 0.4) is 0 Å². The normalized spacial score (nSPS) is 54.1. The van der Waals surface area contributed by atoms with E-state index >= 15 is 0 Å². The van der Waals surface area contributed by atoms with E-state index in [1.165, 1.54) is 96.3 Å². The van der Waals surface area contributed by atoms with Crippen LogP contribution in [0, 0.1) is 88.8 Å². The fraction of sp³-hybridized carbons (Fsp3) is 0.933. The molecule has 13 aliphatic carbocycles. The van der Waals surface area contributed by atoms with Crippen LogP contribution >= 0.6 is 0 Å². The number of carbonyl (C=O) groups is 3. The molecule has 0 saturated heterocycles. The van der Waals surface area contributed by atoms with Gasteiger partial charge in [0.15, 0.2) is 0 Å². The fourth-order valence-electron chi connectivity index (χ4n) is 17.1. The van der Waals surface area contributed by atoms with Crippen LogP contribution in [-0.4, -0.2) is 34.7 Å². The molecule has 0 aromatic carbocycles. The van der Waals surface area contributed by atoms with Crippen LogP contribution in [0.25, 0.3) is 0 Å². The zero-order valence-corrected chi connectivity index (χ0v) is 32.0. The van der Waals surface area contributed by atoms with Gasteiger partial charge < -0.3 is 14.2 Å². The van der Waals surface area contributed by atoms with Crippen LogP contribution in [0.2, 0.25) is 0 Å². The van der Waals surface area contributed by atoms with Crippen molar-refractivity contribution in [3.8, 4) is 0 Å². The summed E-state index contributed by atoms with van der Waals surface area (Å²) in [6.45, 7) is 6.67. The summed E-state index contributed by atoms with van der Waals surface area (Å²) in [5.41, 5.74) is -1.15. The molecule has 6 nitrogen and oxygen atoms in total. The number of hydrogen-bond donors (Lipinski definition) is 0. The van der Waals surface area contributed by atoms with Crippen molar-refractivity contribution in [1.29, 1.82) is 0 Å². The topological polar surface area (TPSA) is 78.9 Å². The van der Waals surface area contributed by atoms with Crippen molar-refractivity contribution in [2.24, 2.45) is 88.8 Å². The molecule has 0 spiro atoms. The first-order chi connectivity index (χ1) is 24.6. The van der Waals surface area contributed by atoms with E-state index in [0.29, 0.717) is 54.8 Å². The Labute approximate surface area is 307 Å². The van der Waals surface area contributed by atoms with Crippen molar-refractivity contribution in [2.45, 2.75) is 172 Å². The third kappa shape index (κ3) is 5.14. The summed E-state index contributed by atoms with van der Waals surface area (Å²) < 4.78 is 20.6. The maximum absolute atomic E-state index is 14.6. The third-order valence-corrected chi connectivity index (χ3v) is 18.8. The van der Waals surface area contributed by atoms with Crippen LogP contribution in [0.5, 0.6) is 0 Å². The Morgan fingerprint density at radius 1 is 0.353 bits per heavy atom. The Kier molecular flexibility index (Phi) is 8.12. The average Bonchev–Trinajstić information content (AvgIpc) is 3.12. The van der Waals surface area contributed by atoms with Gasteiger partial charge in [-0.1, -0.05) is 20.8 Å². The third-order valence-electron chi connectivity index (χ3n) is 18.8. The van der Waals surface area contributed by atoms with Crippen LogP contribution in [0.4, 0.5) is 0 Å². The molecule has 0 atom stereocenters. The van der Waals surface area contributed by atoms with E-state index in [-0.39, 0.29) is 34.7 Å². The predicted molar refractivity (Wildman–Crippen MR) is 193 cm³/mol. The molecule has 0 N–H and O–H groups in total. The molecular weight excluding hydrogens is 636 g/mol. The van der Waals surface area contributed by atoms with Gasteiger partial charge >= 0.3 is 17.9 Å². The maximum atomic E-state index is 14.6. The van der Waals surface area contributed by atoms with Gasteiger partial charge in [-0.05, 0) is 206 Å². The van der Waals surface area contributed by atoms with Crippen molar-refractivity contribution in [1.82, 2.24) is 0 Å². The molecule has 0 heterocycles. The predicted octanol–water partition coefficient (Wildman–Crippen LogP) is 9.46. The molecule has 0 aromatic rings. The smallest absolute Gasteiger partial charge is 0.309 e. The number of esters is 3. The van der Waals surface area contributed by atoms with E-state index in [9.17, 15) is 14.4 Å². The lowest BCUT2D eigenvalue weighted by molar-refractivity contribution is -0.223. The Hall–Kier alpha value is -1.59. The number of carbonyl (C=O) groups excluding carboxylic acids is 3. The minimum atomic E-state index is -0.471. The molecule has 0 unspecified atom stereocenters. The zero-order chi connectivity index (χ0) is 34.9. The highest BCUT2D eigenvalue weighted by molar-refractivity contribution is 5.81. The van der Waals surface area contributed by atoms with Gasteiger partial charge in [0.1, 0.15) is 16.8 Å². The summed E-state index contributed by atoms with van der Waals surface area (Å²) in [5.74, 6) is 5.64. The van der Waals surface area contributed by atoms with E-state index < -0.39 is 17.8 Å². The number of hydrogen-bond acceptors (Lipinski definition) is 6. The molecule has 12 bridgehead atoms. The van der Waals surface area contributed by atoms with E-state index in [1.807, 2.05) is 0 Å². The highest BCUT2D eigenvalue weighted by Gasteiger charge is 2.62. The van der Waals surface area contributed by atoms with Crippen LogP contribution in [-0.2, 0) is 28.6 Å². The van der Waals surface area contributed by atoms with Crippen molar-refractivity contribution >= 4 is 17.9 Å². The standard InChI is InChI=1S/C45H66O6/c1-4-43(34-10-25-7-26(12-34)13-35(43)11-25)49-40(46)31-22-32(41(47)50-44(5-2)36-14-27-8-28(16-36)17-37(44)15-27)24-33(23-31)42(48)51-45(6-3)38-18-29-9-30(20-38)21-39(45)19-29/h25-39H,4-24H2,1-3H3. The molecule has 6 heteroatoms. The van der Waals surface area contributed by atoms with Gasteiger partial charge in [-0.2, -0.15) is 0 Å². The van der Waals surface area contributed by atoms with Gasteiger partial charge in [0.25, 0.3) is 0 Å².